The van der Waals surface area contributed by atoms with E-state index in [0.29, 0.717) is 37.9 Å². The van der Waals surface area contributed by atoms with Gasteiger partial charge in [0.25, 0.3) is 5.91 Å². The lowest BCUT2D eigenvalue weighted by molar-refractivity contribution is -0.143. The molecule has 2 aromatic rings. The highest BCUT2D eigenvalue weighted by molar-refractivity contribution is 7.91. The molecule has 2 aliphatic heterocycles. The predicted molar refractivity (Wildman–Crippen MR) is 208 cm³/mol. The highest BCUT2D eigenvalue weighted by Crippen LogP contribution is 2.48. The van der Waals surface area contributed by atoms with Gasteiger partial charge in [0.05, 0.1) is 28.9 Å². The van der Waals surface area contributed by atoms with E-state index in [-0.39, 0.29) is 36.4 Å². The molecule has 4 aliphatic rings. The van der Waals surface area contributed by atoms with Crippen LogP contribution in [-0.2, 0) is 35.3 Å². The fourth-order valence-corrected chi connectivity index (χ4v) is 9.04. The van der Waals surface area contributed by atoms with Crippen LogP contribution in [0.1, 0.15) is 99.1 Å². The third kappa shape index (κ3) is 9.70. The van der Waals surface area contributed by atoms with E-state index >= 15 is 0 Å². The molecule has 3 fully saturated rings. The first kappa shape index (κ1) is 43.9. The predicted octanol–water partition coefficient (Wildman–Crippen LogP) is 5.17. The number of amides is 4. The Morgan fingerprint density at radius 2 is 1.78 bits per heavy atom. The number of nitrogens with zero attached hydrogens (tertiary/aromatic N) is 3. The second-order valence-electron chi connectivity index (χ2n) is 17.5. The van der Waals surface area contributed by atoms with E-state index in [1.807, 2.05) is 13.0 Å². The number of fused-ring (bicyclic) bond motifs is 3. The van der Waals surface area contributed by atoms with Crippen molar-refractivity contribution in [2.45, 2.75) is 134 Å². The van der Waals surface area contributed by atoms with Crippen molar-refractivity contribution in [2.75, 3.05) is 13.2 Å². The second kappa shape index (κ2) is 16.1. The summed E-state index contributed by atoms with van der Waals surface area (Å²) in [7, 11) is -4.11. The van der Waals surface area contributed by atoms with Crippen LogP contribution in [-0.4, -0.2) is 94.3 Å². The second-order valence-corrected chi connectivity index (χ2v) is 19.7. The summed E-state index contributed by atoms with van der Waals surface area (Å²) in [6.07, 6.45) is -1.37. The van der Waals surface area contributed by atoms with Gasteiger partial charge in [0.2, 0.25) is 33.4 Å². The molecule has 3 N–H and O–H groups in total. The van der Waals surface area contributed by atoms with Crippen molar-refractivity contribution in [3.8, 4) is 11.6 Å². The summed E-state index contributed by atoms with van der Waals surface area (Å²) in [5.74, 6) is -4.13. The number of halogens is 3. The average Bonchev–Trinajstić information content (AvgIpc) is 4.00. The standard InChI is InChI=1S/C40H53F3N6O9S/c1-8-56-25-13-14-27-28(18-25)45-33(31(44-27)40(41,42)43)57-26-19-29-32(50)47-39(35(52)48-59(54,55)38(7)15-16-38)20-24(39)12-10-9-11-22(2)17-23(3)30(34(51)49(29)21-26)46-36(53)58-37(4,5)6/h10,12-14,18,22-24,26,29-30H,8-9,11,15-17,19-21H2,1-7H3,(H,46,53)(H,47,50)(H,48,52)/b12-10-/t22-,23+,24?,26+,29-,30-,39+/m0/s1. The minimum atomic E-state index is -5.01. The number of carbonyl (C=O) groups is 4. The molecule has 3 heterocycles. The van der Waals surface area contributed by atoms with Crippen molar-refractivity contribution in [1.29, 1.82) is 0 Å². The zero-order chi connectivity index (χ0) is 43.3. The minimum Gasteiger partial charge on any atom is -0.494 e. The van der Waals surface area contributed by atoms with Crippen molar-refractivity contribution in [2.24, 2.45) is 17.8 Å². The Bertz CT molecular complexity index is 2120. The van der Waals surface area contributed by atoms with E-state index < -0.39 is 104 Å². The zero-order valence-electron chi connectivity index (χ0n) is 34.3. The Kier molecular flexibility index (Phi) is 11.9. The summed E-state index contributed by atoms with van der Waals surface area (Å²) < 4.78 is 87.8. The number of alkyl halides is 3. The highest BCUT2D eigenvalue weighted by Gasteiger charge is 2.63. The number of alkyl carbamates (subject to hydrolysis) is 1. The van der Waals surface area contributed by atoms with E-state index in [1.54, 1.807) is 40.7 Å². The van der Waals surface area contributed by atoms with Gasteiger partial charge in [-0.05, 0) is 97.1 Å². The number of aromatic nitrogens is 2. The molecule has 4 amide bonds. The topological polar surface area (TPSA) is 195 Å². The molecule has 19 heteroatoms. The molecule has 6 rings (SSSR count). The number of sulfonamides is 1. The monoisotopic (exact) mass is 850 g/mol. The number of rotatable bonds is 8. The molecule has 0 bridgehead atoms. The van der Waals surface area contributed by atoms with Crippen LogP contribution in [0.25, 0.3) is 11.0 Å². The van der Waals surface area contributed by atoms with Crippen molar-refractivity contribution in [3.05, 3.63) is 36.0 Å². The van der Waals surface area contributed by atoms with E-state index in [9.17, 15) is 40.8 Å². The first-order valence-corrected chi connectivity index (χ1v) is 21.5. The first-order valence-electron chi connectivity index (χ1n) is 20.0. The molecular weight excluding hydrogens is 798 g/mol. The Hall–Kier alpha value is -4.68. The number of benzene rings is 1. The van der Waals surface area contributed by atoms with Crippen molar-refractivity contribution < 1.29 is 55.0 Å². The number of allylic oxidation sites excluding steroid dienone is 1. The van der Waals surface area contributed by atoms with Crippen LogP contribution >= 0.6 is 0 Å². The van der Waals surface area contributed by atoms with Gasteiger partial charge in [0.1, 0.15) is 35.1 Å². The fraction of sp³-hybridized carbons (Fsp3) is 0.650. The summed E-state index contributed by atoms with van der Waals surface area (Å²) >= 11 is 0. The Morgan fingerprint density at radius 3 is 2.42 bits per heavy atom. The molecule has 2 saturated carbocycles. The van der Waals surface area contributed by atoms with E-state index in [1.165, 1.54) is 25.1 Å². The van der Waals surface area contributed by atoms with E-state index in [2.05, 4.69) is 25.3 Å². The van der Waals surface area contributed by atoms with Gasteiger partial charge in [-0.2, -0.15) is 13.2 Å². The molecule has 1 unspecified atom stereocenters. The summed E-state index contributed by atoms with van der Waals surface area (Å²) in [4.78, 5) is 65.5. The van der Waals surface area contributed by atoms with Gasteiger partial charge in [-0.1, -0.05) is 26.0 Å². The van der Waals surface area contributed by atoms with Gasteiger partial charge in [-0.15, -0.1) is 0 Å². The van der Waals surface area contributed by atoms with Crippen molar-refractivity contribution in [1.82, 2.24) is 30.2 Å². The van der Waals surface area contributed by atoms with Crippen LogP contribution in [0.5, 0.6) is 11.6 Å². The zero-order valence-corrected chi connectivity index (χ0v) is 35.1. The van der Waals surface area contributed by atoms with Gasteiger partial charge in [0.15, 0.2) is 0 Å². The number of ether oxygens (including phenoxy) is 3. The van der Waals surface area contributed by atoms with Crippen LogP contribution < -0.4 is 24.8 Å². The molecule has 59 heavy (non-hydrogen) atoms. The highest BCUT2D eigenvalue weighted by atomic mass is 32.2. The van der Waals surface area contributed by atoms with Crippen LogP contribution in [0.2, 0.25) is 0 Å². The lowest BCUT2D eigenvalue weighted by Gasteiger charge is -2.33. The van der Waals surface area contributed by atoms with E-state index in [0.717, 1.165) is 4.90 Å². The molecule has 15 nitrogen and oxygen atoms in total. The number of nitrogens with one attached hydrogen (secondary N) is 3. The maximum absolute atomic E-state index is 14.8. The van der Waals surface area contributed by atoms with Crippen molar-refractivity contribution in [3.63, 3.8) is 0 Å². The van der Waals surface area contributed by atoms with Crippen LogP contribution in [0.3, 0.4) is 0 Å². The fourth-order valence-electron chi connectivity index (χ4n) is 7.73. The van der Waals surface area contributed by atoms with Crippen LogP contribution in [0.4, 0.5) is 18.0 Å². The van der Waals surface area contributed by atoms with Gasteiger partial charge in [-0.3, -0.25) is 19.1 Å². The SMILES string of the molecule is CCOc1ccc2nc(C(F)(F)F)c(O[C@@H]3C[C@H]4C(=O)N[C@]5(C(=O)NS(=O)(=O)C6(C)CC6)CC5/C=C\CC[C@H](C)C[C@@H](C)[C@H](NC(=O)OC(C)(C)C)C(=O)N4C3)nc2c1. The first-order chi connectivity index (χ1) is 27.4. The number of carbonyl (C=O) groups excluding carboxylic acids is 4. The maximum Gasteiger partial charge on any atom is 0.438 e. The number of hydrogen-bond acceptors (Lipinski definition) is 11. The summed E-state index contributed by atoms with van der Waals surface area (Å²) in [6.45, 7) is 11.9. The van der Waals surface area contributed by atoms with Gasteiger partial charge in [-0.25, -0.2) is 23.2 Å². The average molecular weight is 851 g/mol. The largest absolute Gasteiger partial charge is 0.494 e. The normalized spacial score (nSPS) is 29.2. The van der Waals surface area contributed by atoms with Gasteiger partial charge < -0.3 is 29.7 Å². The lowest BCUT2D eigenvalue weighted by Crippen LogP contribution is -2.59. The Balaban J connectivity index is 1.38. The Morgan fingerprint density at radius 1 is 1.07 bits per heavy atom. The molecule has 7 atom stereocenters. The molecule has 2 aliphatic carbocycles. The molecule has 1 saturated heterocycles. The smallest absolute Gasteiger partial charge is 0.438 e. The third-order valence-electron chi connectivity index (χ3n) is 11.4. The third-order valence-corrected chi connectivity index (χ3v) is 13.5. The molecule has 1 aromatic heterocycles. The summed E-state index contributed by atoms with van der Waals surface area (Å²) in [5, 5.41) is 5.42. The number of hydrogen-bond donors (Lipinski definition) is 3. The van der Waals surface area contributed by atoms with E-state index in [4.69, 9.17) is 14.2 Å². The van der Waals surface area contributed by atoms with Crippen LogP contribution in [0.15, 0.2) is 30.4 Å². The molecule has 1 aromatic carbocycles. The van der Waals surface area contributed by atoms with Crippen molar-refractivity contribution >= 4 is 44.9 Å². The molecular formula is C40H53F3N6O9S. The summed E-state index contributed by atoms with van der Waals surface area (Å²) in [6, 6.07) is 1.53. The quantitative estimate of drug-likeness (QED) is 0.297. The lowest BCUT2D eigenvalue weighted by atomic mass is 9.88. The van der Waals surface area contributed by atoms with Gasteiger partial charge >= 0.3 is 12.3 Å². The minimum absolute atomic E-state index is 0.0351. The maximum atomic E-state index is 14.8. The molecule has 0 radical (unpaired) electrons. The molecule has 0 spiro atoms. The van der Waals surface area contributed by atoms with Gasteiger partial charge in [0, 0.05) is 18.4 Å². The van der Waals surface area contributed by atoms with Crippen LogP contribution in [0, 0.1) is 17.8 Å². The summed E-state index contributed by atoms with van der Waals surface area (Å²) in [5.41, 5.74) is -4.07. The molecule has 324 valence electrons. The Labute approximate surface area is 341 Å².